The summed E-state index contributed by atoms with van der Waals surface area (Å²) in [5, 5.41) is 7.96. The SMILES string of the molecule is CC(C)c1noc(CO[C@H]2CCCN(C(=O)Cc3ccsc3)C2)n1. The van der Waals surface area contributed by atoms with Crippen molar-refractivity contribution in [3.63, 3.8) is 0 Å². The highest BCUT2D eigenvalue weighted by molar-refractivity contribution is 7.07. The molecule has 0 spiro atoms. The van der Waals surface area contributed by atoms with E-state index in [0.717, 1.165) is 24.9 Å². The molecule has 1 saturated heterocycles. The average molecular weight is 349 g/mol. The topological polar surface area (TPSA) is 68.5 Å². The zero-order chi connectivity index (χ0) is 16.9. The van der Waals surface area contributed by atoms with Crippen LogP contribution in [0.1, 0.15) is 49.9 Å². The van der Waals surface area contributed by atoms with Gasteiger partial charge in [-0.15, -0.1) is 0 Å². The van der Waals surface area contributed by atoms with Gasteiger partial charge in [-0.25, -0.2) is 0 Å². The Bertz CT molecular complexity index is 654. The molecule has 6 nitrogen and oxygen atoms in total. The van der Waals surface area contributed by atoms with Gasteiger partial charge >= 0.3 is 0 Å². The molecule has 1 atom stereocenters. The Balaban J connectivity index is 1.48. The van der Waals surface area contributed by atoms with Crippen molar-refractivity contribution in [3.8, 4) is 0 Å². The monoisotopic (exact) mass is 349 g/mol. The molecule has 0 unspecified atom stereocenters. The second-order valence-corrected chi connectivity index (χ2v) is 7.20. The van der Waals surface area contributed by atoms with Crippen LogP contribution in [0, 0.1) is 0 Å². The van der Waals surface area contributed by atoms with Gasteiger partial charge in [0.2, 0.25) is 5.91 Å². The number of hydrogen-bond donors (Lipinski definition) is 0. The number of rotatable bonds is 6. The second kappa shape index (κ2) is 7.90. The summed E-state index contributed by atoms with van der Waals surface area (Å²) < 4.78 is 11.1. The Kier molecular flexibility index (Phi) is 5.63. The van der Waals surface area contributed by atoms with Gasteiger partial charge in [-0.1, -0.05) is 19.0 Å². The molecule has 1 fully saturated rings. The van der Waals surface area contributed by atoms with Crippen molar-refractivity contribution in [2.75, 3.05) is 13.1 Å². The summed E-state index contributed by atoms with van der Waals surface area (Å²) in [5.41, 5.74) is 1.08. The Morgan fingerprint density at radius 3 is 3.12 bits per heavy atom. The third kappa shape index (κ3) is 4.42. The molecule has 0 aromatic carbocycles. The molecule has 0 radical (unpaired) electrons. The maximum atomic E-state index is 12.4. The zero-order valence-corrected chi connectivity index (χ0v) is 14.9. The summed E-state index contributed by atoms with van der Waals surface area (Å²) in [5.74, 6) is 1.61. The Morgan fingerprint density at radius 2 is 2.42 bits per heavy atom. The number of carbonyl (C=O) groups is 1. The quantitative estimate of drug-likeness (QED) is 0.802. The zero-order valence-electron chi connectivity index (χ0n) is 14.1. The molecule has 0 bridgehead atoms. The fourth-order valence-electron chi connectivity index (χ4n) is 2.73. The standard InChI is InChI=1S/C17H23N3O3S/c1-12(2)17-18-15(23-19-17)10-22-14-4-3-6-20(9-14)16(21)8-13-5-7-24-11-13/h5,7,11-12,14H,3-4,6,8-10H2,1-2H3/t14-/m0/s1. The molecule has 1 aliphatic heterocycles. The van der Waals surface area contributed by atoms with Crippen LogP contribution in [-0.2, 0) is 22.6 Å². The molecule has 0 aliphatic carbocycles. The van der Waals surface area contributed by atoms with Gasteiger partial charge in [0.15, 0.2) is 5.82 Å². The smallest absolute Gasteiger partial charge is 0.252 e. The van der Waals surface area contributed by atoms with Gasteiger partial charge in [-0.3, -0.25) is 4.79 Å². The van der Waals surface area contributed by atoms with E-state index in [1.807, 2.05) is 35.6 Å². The molecule has 2 aromatic heterocycles. The molecule has 24 heavy (non-hydrogen) atoms. The van der Waals surface area contributed by atoms with Crippen molar-refractivity contribution in [3.05, 3.63) is 34.1 Å². The number of ether oxygens (including phenoxy) is 1. The van der Waals surface area contributed by atoms with Crippen LogP contribution in [0.25, 0.3) is 0 Å². The summed E-state index contributed by atoms with van der Waals surface area (Å²) in [6.07, 6.45) is 2.41. The first-order valence-electron chi connectivity index (χ1n) is 8.34. The summed E-state index contributed by atoms with van der Waals surface area (Å²) >= 11 is 1.62. The van der Waals surface area contributed by atoms with Crippen molar-refractivity contribution >= 4 is 17.2 Å². The first-order valence-corrected chi connectivity index (χ1v) is 9.29. The van der Waals surface area contributed by atoms with E-state index in [0.29, 0.717) is 31.3 Å². The van der Waals surface area contributed by atoms with Crippen molar-refractivity contribution in [2.24, 2.45) is 0 Å². The molecule has 1 amide bonds. The number of thiophene rings is 1. The number of hydrogen-bond acceptors (Lipinski definition) is 6. The van der Waals surface area contributed by atoms with Crippen LogP contribution in [0.2, 0.25) is 0 Å². The number of aromatic nitrogens is 2. The minimum Gasteiger partial charge on any atom is -0.367 e. The Hall–Kier alpha value is -1.73. The van der Waals surface area contributed by atoms with Gasteiger partial charge in [0, 0.05) is 19.0 Å². The Morgan fingerprint density at radius 1 is 1.54 bits per heavy atom. The highest BCUT2D eigenvalue weighted by Crippen LogP contribution is 2.17. The van der Waals surface area contributed by atoms with Gasteiger partial charge < -0.3 is 14.2 Å². The predicted octanol–water partition coefficient (Wildman–Crippen LogP) is 3.00. The van der Waals surface area contributed by atoms with E-state index in [2.05, 4.69) is 10.1 Å². The molecule has 130 valence electrons. The first-order chi connectivity index (χ1) is 11.6. The Labute approximate surface area is 145 Å². The van der Waals surface area contributed by atoms with Crippen LogP contribution in [0.4, 0.5) is 0 Å². The van der Waals surface area contributed by atoms with Crippen LogP contribution >= 0.6 is 11.3 Å². The van der Waals surface area contributed by atoms with Crippen LogP contribution in [-0.4, -0.2) is 40.1 Å². The van der Waals surface area contributed by atoms with Gasteiger partial charge in [0.25, 0.3) is 5.89 Å². The molecule has 3 rings (SSSR count). The van der Waals surface area contributed by atoms with E-state index in [1.54, 1.807) is 11.3 Å². The largest absolute Gasteiger partial charge is 0.367 e. The minimum atomic E-state index is 0.0274. The molecule has 7 heteroatoms. The number of carbonyl (C=O) groups excluding carboxylic acids is 1. The first kappa shape index (κ1) is 17.1. The number of likely N-dealkylation sites (tertiary alicyclic amines) is 1. The summed E-state index contributed by atoms with van der Waals surface area (Å²) in [6.45, 7) is 5.78. The number of amides is 1. The molecule has 0 saturated carbocycles. The van der Waals surface area contributed by atoms with E-state index >= 15 is 0 Å². The van der Waals surface area contributed by atoms with Crippen LogP contribution < -0.4 is 0 Å². The van der Waals surface area contributed by atoms with Gasteiger partial charge in [0.1, 0.15) is 6.61 Å². The predicted molar refractivity (Wildman–Crippen MR) is 90.8 cm³/mol. The van der Waals surface area contributed by atoms with Crippen molar-refractivity contribution in [1.82, 2.24) is 15.0 Å². The normalized spacial score (nSPS) is 18.3. The maximum absolute atomic E-state index is 12.4. The molecule has 2 aromatic rings. The van der Waals surface area contributed by atoms with Crippen molar-refractivity contribution < 1.29 is 14.1 Å². The molecule has 0 N–H and O–H groups in total. The molecule has 1 aliphatic rings. The van der Waals surface area contributed by atoms with Gasteiger partial charge in [-0.05, 0) is 35.2 Å². The fraction of sp³-hybridized carbons (Fsp3) is 0.588. The highest BCUT2D eigenvalue weighted by Gasteiger charge is 2.25. The lowest BCUT2D eigenvalue weighted by molar-refractivity contribution is -0.135. The van der Waals surface area contributed by atoms with Crippen molar-refractivity contribution in [1.29, 1.82) is 0 Å². The van der Waals surface area contributed by atoms with Crippen molar-refractivity contribution in [2.45, 2.75) is 51.7 Å². The molecule has 3 heterocycles. The van der Waals surface area contributed by atoms with Crippen LogP contribution in [0.3, 0.4) is 0 Å². The van der Waals surface area contributed by atoms with E-state index < -0.39 is 0 Å². The lowest BCUT2D eigenvalue weighted by Crippen LogP contribution is -2.43. The van der Waals surface area contributed by atoms with E-state index in [-0.39, 0.29) is 17.9 Å². The molecular weight excluding hydrogens is 326 g/mol. The third-order valence-electron chi connectivity index (χ3n) is 4.11. The maximum Gasteiger partial charge on any atom is 0.252 e. The number of nitrogens with zero attached hydrogens (tertiary/aromatic N) is 3. The van der Waals surface area contributed by atoms with E-state index in [9.17, 15) is 4.79 Å². The summed E-state index contributed by atoms with van der Waals surface area (Å²) in [6, 6.07) is 2.00. The van der Waals surface area contributed by atoms with Crippen LogP contribution in [0.5, 0.6) is 0 Å². The molecular formula is C17H23N3O3S. The summed E-state index contributed by atoms with van der Waals surface area (Å²) in [4.78, 5) is 18.6. The lowest BCUT2D eigenvalue weighted by Gasteiger charge is -2.32. The van der Waals surface area contributed by atoms with E-state index in [4.69, 9.17) is 9.26 Å². The van der Waals surface area contributed by atoms with Crippen LogP contribution in [0.15, 0.2) is 21.3 Å². The fourth-order valence-corrected chi connectivity index (χ4v) is 3.40. The van der Waals surface area contributed by atoms with E-state index in [1.165, 1.54) is 0 Å². The van der Waals surface area contributed by atoms with Gasteiger partial charge in [0.05, 0.1) is 12.5 Å². The van der Waals surface area contributed by atoms with Gasteiger partial charge in [-0.2, -0.15) is 16.3 Å². The third-order valence-corrected chi connectivity index (χ3v) is 4.84. The number of piperidine rings is 1. The lowest BCUT2D eigenvalue weighted by atomic mass is 10.1. The average Bonchev–Trinajstić information content (AvgIpc) is 3.25. The minimum absolute atomic E-state index is 0.0274. The second-order valence-electron chi connectivity index (χ2n) is 6.42. The summed E-state index contributed by atoms with van der Waals surface area (Å²) in [7, 11) is 0. The highest BCUT2D eigenvalue weighted by atomic mass is 32.1.